The van der Waals surface area contributed by atoms with Crippen LogP contribution in [-0.2, 0) is 10.0 Å². The number of thiophene rings is 1. The SMILES string of the molecule is Cc1cc(-c2ccc(S(=O)(=O)N3CCN(c4cc(Cl)ccc4C)CC3)s2)on1. The fourth-order valence-corrected chi connectivity index (χ4v) is 6.29. The van der Waals surface area contributed by atoms with E-state index >= 15 is 0 Å². The van der Waals surface area contributed by atoms with E-state index in [0.29, 0.717) is 41.2 Å². The molecule has 1 aliphatic rings. The Balaban J connectivity index is 1.49. The van der Waals surface area contributed by atoms with Gasteiger partial charge in [-0.2, -0.15) is 4.31 Å². The molecule has 28 heavy (non-hydrogen) atoms. The number of hydrogen-bond donors (Lipinski definition) is 0. The molecule has 0 N–H and O–H groups in total. The van der Waals surface area contributed by atoms with E-state index in [0.717, 1.165) is 21.8 Å². The van der Waals surface area contributed by atoms with Gasteiger partial charge in [0.1, 0.15) is 4.21 Å². The smallest absolute Gasteiger partial charge is 0.252 e. The molecule has 6 nitrogen and oxygen atoms in total. The summed E-state index contributed by atoms with van der Waals surface area (Å²) in [5.41, 5.74) is 2.95. The molecule has 0 saturated carbocycles. The Morgan fingerprint density at radius 2 is 1.82 bits per heavy atom. The highest BCUT2D eigenvalue weighted by Crippen LogP contribution is 2.33. The second kappa shape index (κ2) is 7.51. The number of sulfonamides is 1. The zero-order valence-electron chi connectivity index (χ0n) is 15.6. The second-order valence-corrected chi connectivity index (χ2v) is 10.5. The number of piperazine rings is 1. The third-order valence-electron chi connectivity index (χ3n) is 4.80. The van der Waals surface area contributed by atoms with E-state index in [9.17, 15) is 8.42 Å². The van der Waals surface area contributed by atoms with Gasteiger partial charge in [-0.1, -0.05) is 22.8 Å². The van der Waals surface area contributed by atoms with E-state index in [4.69, 9.17) is 16.1 Å². The third kappa shape index (κ3) is 3.69. The number of anilines is 1. The highest BCUT2D eigenvalue weighted by molar-refractivity contribution is 7.91. The molecule has 3 heterocycles. The first-order valence-corrected chi connectivity index (χ1v) is 11.5. The molecule has 4 rings (SSSR count). The summed E-state index contributed by atoms with van der Waals surface area (Å²) in [4.78, 5) is 2.94. The molecule has 148 valence electrons. The number of aromatic nitrogens is 1. The Labute approximate surface area is 173 Å². The van der Waals surface area contributed by atoms with Crippen molar-refractivity contribution >= 4 is 38.6 Å². The van der Waals surface area contributed by atoms with Crippen LogP contribution in [0.2, 0.25) is 5.02 Å². The van der Waals surface area contributed by atoms with Gasteiger partial charge < -0.3 is 9.42 Å². The molecule has 0 aliphatic carbocycles. The van der Waals surface area contributed by atoms with Crippen LogP contribution in [-0.4, -0.2) is 44.1 Å². The normalized spacial score (nSPS) is 15.9. The van der Waals surface area contributed by atoms with E-state index in [1.54, 1.807) is 22.5 Å². The molecule has 0 amide bonds. The molecule has 1 saturated heterocycles. The predicted molar refractivity (Wildman–Crippen MR) is 112 cm³/mol. The maximum Gasteiger partial charge on any atom is 0.252 e. The molecule has 3 aromatic rings. The first-order chi connectivity index (χ1) is 13.3. The van der Waals surface area contributed by atoms with Gasteiger partial charge in [-0.3, -0.25) is 0 Å². The second-order valence-electron chi connectivity index (χ2n) is 6.77. The van der Waals surface area contributed by atoms with Gasteiger partial charge in [0.25, 0.3) is 10.0 Å². The maximum atomic E-state index is 13.1. The first-order valence-electron chi connectivity index (χ1n) is 8.89. The third-order valence-corrected chi connectivity index (χ3v) is 8.50. The minimum absolute atomic E-state index is 0.323. The molecule has 0 unspecified atom stereocenters. The Bertz CT molecular complexity index is 1100. The van der Waals surface area contributed by atoms with E-state index in [1.807, 2.05) is 32.0 Å². The fourth-order valence-electron chi connectivity index (χ4n) is 3.29. The average Bonchev–Trinajstić information content (AvgIpc) is 3.33. The van der Waals surface area contributed by atoms with Crippen LogP contribution < -0.4 is 4.90 Å². The van der Waals surface area contributed by atoms with Crippen LogP contribution in [0, 0.1) is 13.8 Å². The van der Waals surface area contributed by atoms with Crippen molar-refractivity contribution in [3.8, 4) is 10.6 Å². The van der Waals surface area contributed by atoms with Crippen LogP contribution in [0.4, 0.5) is 5.69 Å². The van der Waals surface area contributed by atoms with E-state index < -0.39 is 10.0 Å². The van der Waals surface area contributed by atoms with Gasteiger partial charge in [0, 0.05) is 43.0 Å². The summed E-state index contributed by atoms with van der Waals surface area (Å²) in [7, 11) is -3.53. The van der Waals surface area contributed by atoms with Crippen molar-refractivity contribution in [3.63, 3.8) is 0 Å². The molecule has 0 spiro atoms. The summed E-state index contributed by atoms with van der Waals surface area (Å²) in [5.74, 6) is 0.588. The van der Waals surface area contributed by atoms with Crippen LogP contribution in [0.1, 0.15) is 11.3 Å². The van der Waals surface area contributed by atoms with Gasteiger partial charge >= 0.3 is 0 Å². The number of aryl methyl sites for hydroxylation is 2. The molecular weight excluding hydrogens is 418 g/mol. The quantitative estimate of drug-likeness (QED) is 0.612. The van der Waals surface area contributed by atoms with Gasteiger partial charge in [-0.15, -0.1) is 11.3 Å². The summed E-state index contributed by atoms with van der Waals surface area (Å²) in [6.07, 6.45) is 0. The monoisotopic (exact) mass is 437 g/mol. The Morgan fingerprint density at radius 1 is 1.07 bits per heavy atom. The molecule has 0 radical (unpaired) electrons. The molecule has 1 fully saturated rings. The van der Waals surface area contributed by atoms with Crippen LogP contribution in [0.5, 0.6) is 0 Å². The van der Waals surface area contributed by atoms with Crippen molar-refractivity contribution in [1.82, 2.24) is 9.46 Å². The van der Waals surface area contributed by atoms with Crippen molar-refractivity contribution in [2.24, 2.45) is 0 Å². The largest absolute Gasteiger partial charge is 0.369 e. The van der Waals surface area contributed by atoms with Crippen molar-refractivity contribution in [2.45, 2.75) is 18.1 Å². The lowest BCUT2D eigenvalue weighted by molar-refractivity contribution is 0.385. The molecule has 2 aromatic heterocycles. The van der Waals surface area contributed by atoms with Crippen LogP contribution >= 0.6 is 22.9 Å². The molecule has 0 bridgehead atoms. The van der Waals surface area contributed by atoms with Gasteiger partial charge in [0.05, 0.1) is 10.6 Å². The Hall–Kier alpha value is -1.87. The molecule has 1 aromatic carbocycles. The van der Waals surface area contributed by atoms with Gasteiger partial charge in [0.15, 0.2) is 5.76 Å². The summed E-state index contributed by atoms with van der Waals surface area (Å²) in [5, 5.41) is 4.55. The zero-order valence-corrected chi connectivity index (χ0v) is 17.9. The van der Waals surface area contributed by atoms with Crippen molar-refractivity contribution in [2.75, 3.05) is 31.1 Å². The molecule has 9 heteroatoms. The van der Waals surface area contributed by atoms with Crippen LogP contribution in [0.25, 0.3) is 10.6 Å². The molecule has 0 atom stereocenters. The van der Waals surface area contributed by atoms with E-state index in [2.05, 4.69) is 10.1 Å². The lowest BCUT2D eigenvalue weighted by Crippen LogP contribution is -2.48. The molecular formula is C19H20ClN3O3S2. The molecule has 1 aliphatic heterocycles. The summed E-state index contributed by atoms with van der Waals surface area (Å²) in [6, 6.07) is 11.0. The van der Waals surface area contributed by atoms with Crippen molar-refractivity contribution < 1.29 is 12.9 Å². The number of halogens is 1. The lowest BCUT2D eigenvalue weighted by Gasteiger charge is -2.36. The lowest BCUT2D eigenvalue weighted by atomic mass is 10.1. The predicted octanol–water partition coefficient (Wildman–Crippen LogP) is 4.18. The number of hydrogen-bond acceptors (Lipinski definition) is 6. The van der Waals surface area contributed by atoms with Gasteiger partial charge in [0.2, 0.25) is 0 Å². The topological polar surface area (TPSA) is 66.7 Å². The summed E-state index contributed by atoms with van der Waals surface area (Å²) >= 11 is 7.34. The van der Waals surface area contributed by atoms with Gasteiger partial charge in [-0.25, -0.2) is 8.42 Å². The maximum absolute atomic E-state index is 13.1. The van der Waals surface area contributed by atoms with Crippen LogP contribution in [0.3, 0.4) is 0 Å². The number of benzene rings is 1. The minimum Gasteiger partial charge on any atom is -0.369 e. The Morgan fingerprint density at radius 3 is 2.50 bits per heavy atom. The minimum atomic E-state index is -3.53. The number of nitrogens with zero attached hydrogens (tertiary/aromatic N) is 3. The Kier molecular flexibility index (Phi) is 5.22. The van der Waals surface area contributed by atoms with Crippen molar-refractivity contribution in [1.29, 1.82) is 0 Å². The summed E-state index contributed by atoms with van der Waals surface area (Å²) < 4.78 is 33.2. The fraction of sp³-hybridized carbons (Fsp3) is 0.316. The number of rotatable bonds is 4. The van der Waals surface area contributed by atoms with E-state index in [1.165, 1.54) is 11.3 Å². The average molecular weight is 438 g/mol. The zero-order chi connectivity index (χ0) is 19.9. The van der Waals surface area contributed by atoms with E-state index in [-0.39, 0.29) is 0 Å². The first kappa shape index (κ1) is 19.4. The van der Waals surface area contributed by atoms with Crippen LogP contribution in [0.15, 0.2) is 45.1 Å². The summed E-state index contributed by atoms with van der Waals surface area (Å²) in [6.45, 7) is 5.98. The van der Waals surface area contributed by atoms with Crippen molar-refractivity contribution in [3.05, 3.63) is 52.7 Å². The standard InChI is InChI=1S/C19H20ClN3O3S2/c1-13-3-4-15(20)12-16(13)22-7-9-23(10-8-22)28(24,25)19-6-5-18(27-19)17-11-14(2)21-26-17/h3-6,11-12H,7-10H2,1-2H3. The van der Waals surface area contributed by atoms with Gasteiger partial charge in [-0.05, 0) is 43.7 Å². The highest BCUT2D eigenvalue weighted by Gasteiger charge is 2.30. The highest BCUT2D eigenvalue weighted by atomic mass is 35.5.